The van der Waals surface area contributed by atoms with Crippen LogP contribution in [0, 0.1) is 0 Å². The van der Waals surface area contributed by atoms with E-state index in [0.717, 1.165) is 5.56 Å². The number of carboxylic acid groups (broad SMARTS) is 2. The van der Waals surface area contributed by atoms with Gasteiger partial charge in [-0.2, -0.15) is 0 Å². The minimum absolute atomic E-state index is 0.0978. The van der Waals surface area contributed by atoms with Crippen LogP contribution in [-0.2, 0) is 25.5 Å². The van der Waals surface area contributed by atoms with Gasteiger partial charge in [-0.1, -0.05) is 30.3 Å². The van der Waals surface area contributed by atoms with E-state index in [-0.39, 0.29) is 45.9 Å². The first kappa shape index (κ1) is 31.3. The van der Waals surface area contributed by atoms with E-state index < -0.39 is 31.9 Å². The number of benzene rings is 1. The van der Waals surface area contributed by atoms with E-state index in [1.165, 1.54) is 0 Å². The van der Waals surface area contributed by atoms with E-state index in [0.29, 0.717) is 39.3 Å². The summed E-state index contributed by atoms with van der Waals surface area (Å²) in [4.78, 5) is 48.6. The average molecular weight is 547 g/mol. The zero-order chi connectivity index (χ0) is 27.3. The van der Waals surface area contributed by atoms with E-state index in [4.69, 9.17) is 4.74 Å². The number of hydrogen-bond acceptors (Lipinski definition) is 9. The first-order chi connectivity index (χ1) is 17.5. The zero-order valence-electron chi connectivity index (χ0n) is 21.0. The van der Waals surface area contributed by atoms with Crippen LogP contribution in [0.25, 0.3) is 0 Å². The summed E-state index contributed by atoms with van der Waals surface area (Å²) in [5.41, 5.74) is 0.982. The number of nitrogens with zero attached hydrogens (tertiary/aromatic N) is 4. The van der Waals surface area contributed by atoms with Gasteiger partial charge < -0.3 is 29.8 Å². The summed E-state index contributed by atoms with van der Waals surface area (Å²) in [6, 6.07) is 9.56. The standard InChI is InChI=1S/C23H39N4O9P/c28-21(18-36-17-20-4-2-1-3-5-20)14-24-6-7-25(15-22(29)30)8-9-26(16-23(31)32)11-13-27(12-10-24)19-37(33,34)35/h1-5,21,28H,6-19H2,(H,29,30)(H,31,32)(H2,33,34,35). The first-order valence-electron chi connectivity index (χ1n) is 12.2. The van der Waals surface area contributed by atoms with Crippen LogP contribution in [0.15, 0.2) is 30.3 Å². The largest absolute Gasteiger partial charge is 0.480 e. The fraction of sp³-hybridized carbons (Fsp3) is 0.652. The van der Waals surface area contributed by atoms with Crippen LogP contribution < -0.4 is 0 Å². The fourth-order valence-corrected chi connectivity index (χ4v) is 4.90. The quantitative estimate of drug-likeness (QED) is 0.204. The second-order valence-electron chi connectivity index (χ2n) is 9.22. The van der Waals surface area contributed by atoms with Gasteiger partial charge in [0.1, 0.15) is 6.29 Å². The maximum absolute atomic E-state index is 11.7. The van der Waals surface area contributed by atoms with Gasteiger partial charge in [0, 0.05) is 58.9 Å². The minimum atomic E-state index is -4.35. The van der Waals surface area contributed by atoms with Crippen LogP contribution in [-0.4, -0.2) is 148 Å². The van der Waals surface area contributed by atoms with Crippen LogP contribution in [0.1, 0.15) is 5.56 Å². The van der Waals surface area contributed by atoms with E-state index in [1.807, 2.05) is 35.2 Å². The van der Waals surface area contributed by atoms with Crippen molar-refractivity contribution in [1.82, 2.24) is 19.6 Å². The molecule has 1 fully saturated rings. The van der Waals surface area contributed by atoms with Crippen LogP contribution >= 0.6 is 7.60 Å². The lowest BCUT2D eigenvalue weighted by atomic mass is 10.2. The summed E-state index contributed by atoms with van der Waals surface area (Å²) in [6.45, 7) is 2.74. The van der Waals surface area contributed by atoms with Crippen molar-refractivity contribution in [3.05, 3.63) is 35.9 Å². The van der Waals surface area contributed by atoms with Gasteiger partial charge in [0.15, 0.2) is 0 Å². The summed E-state index contributed by atoms with van der Waals surface area (Å²) in [7, 11) is -4.35. The molecule has 1 unspecified atom stereocenters. The molecule has 1 aromatic carbocycles. The maximum Gasteiger partial charge on any atom is 0.339 e. The Kier molecular flexibility index (Phi) is 13.6. The predicted molar refractivity (Wildman–Crippen MR) is 135 cm³/mol. The van der Waals surface area contributed by atoms with Crippen LogP contribution in [0.2, 0.25) is 0 Å². The molecule has 0 radical (unpaired) electrons. The summed E-state index contributed by atoms with van der Waals surface area (Å²) < 4.78 is 17.3. The van der Waals surface area contributed by atoms with Gasteiger partial charge in [0.25, 0.3) is 0 Å². The lowest BCUT2D eigenvalue weighted by Gasteiger charge is -2.34. The van der Waals surface area contributed by atoms with Crippen molar-refractivity contribution in [2.24, 2.45) is 0 Å². The van der Waals surface area contributed by atoms with Crippen LogP contribution in [0.5, 0.6) is 0 Å². The Morgan fingerprint density at radius 1 is 0.811 bits per heavy atom. The van der Waals surface area contributed by atoms with Crippen molar-refractivity contribution >= 4 is 19.5 Å². The molecule has 1 heterocycles. The lowest BCUT2D eigenvalue weighted by molar-refractivity contribution is -0.140. The monoisotopic (exact) mass is 546 g/mol. The number of aliphatic carboxylic acids is 2. The van der Waals surface area contributed by atoms with Gasteiger partial charge in [-0.25, -0.2) is 0 Å². The van der Waals surface area contributed by atoms with Crippen molar-refractivity contribution < 1.29 is 44.0 Å². The molecule has 2 rings (SSSR count). The van der Waals surface area contributed by atoms with Gasteiger partial charge >= 0.3 is 19.5 Å². The van der Waals surface area contributed by atoms with E-state index in [9.17, 15) is 39.3 Å². The Labute approximate surface area is 217 Å². The summed E-state index contributed by atoms with van der Waals surface area (Å²) in [5, 5.41) is 29.1. The Morgan fingerprint density at radius 2 is 1.27 bits per heavy atom. The molecule has 13 nitrogen and oxygen atoms in total. The molecule has 5 N–H and O–H groups in total. The highest BCUT2D eigenvalue weighted by molar-refractivity contribution is 7.51. The average Bonchev–Trinajstić information content (AvgIpc) is 2.80. The van der Waals surface area contributed by atoms with E-state index >= 15 is 0 Å². The molecule has 0 aromatic heterocycles. The molecule has 14 heteroatoms. The van der Waals surface area contributed by atoms with Crippen molar-refractivity contribution in [3.8, 4) is 0 Å². The van der Waals surface area contributed by atoms with Gasteiger partial charge in [0.05, 0.1) is 32.4 Å². The zero-order valence-corrected chi connectivity index (χ0v) is 21.9. The summed E-state index contributed by atoms with van der Waals surface area (Å²) in [6.07, 6.45) is -1.28. The summed E-state index contributed by atoms with van der Waals surface area (Å²) >= 11 is 0. The lowest BCUT2D eigenvalue weighted by Crippen LogP contribution is -2.49. The SMILES string of the molecule is O=C(O)CN1CCN(CC(=O)O)CCN(CP(=O)(O)O)CCN(CC(O)COCc2ccccc2)CC1. The van der Waals surface area contributed by atoms with E-state index in [1.54, 1.807) is 14.7 Å². The normalized spacial score (nSPS) is 19.1. The maximum atomic E-state index is 11.7. The molecule has 1 saturated heterocycles. The number of ether oxygens (including phenoxy) is 1. The highest BCUT2D eigenvalue weighted by atomic mass is 31.2. The topological polar surface area (TPSA) is 175 Å². The molecule has 0 saturated carbocycles. The van der Waals surface area contributed by atoms with Gasteiger partial charge in [-0.15, -0.1) is 0 Å². The molecule has 1 aliphatic rings. The van der Waals surface area contributed by atoms with Crippen molar-refractivity contribution in [2.45, 2.75) is 12.7 Å². The molecule has 37 heavy (non-hydrogen) atoms. The minimum Gasteiger partial charge on any atom is -0.480 e. The Balaban J connectivity index is 2.05. The molecule has 0 bridgehead atoms. The first-order valence-corrected chi connectivity index (χ1v) is 14.0. The molecule has 210 valence electrons. The third-order valence-corrected chi connectivity index (χ3v) is 6.69. The van der Waals surface area contributed by atoms with Crippen molar-refractivity contribution in [2.75, 3.05) is 84.9 Å². The second-order valence-corrected chi connectivity index (χ2v) is 10.8. The molecular weight excluding hydrogens is 507 g/mol. The third-order valence-electron chi connectivity index (χ3n) is 5.92. The molecule has 0 amide bonds. The number of carbonyl (C=O) groups is 2. The van der Waals surface area contributed by atoms with Gasteiger partial charge in [-0.3, -0.25) is 33.8 Å². The van der Waals surface area contributed by atoms with Crippen molar-refractivity contribution in [1.29, 1.82) is 0 Å². The Morgan fingerprint density at radius 3 is 1.73 bits per heavy atom. The Hall–Kier alpha value is -1.93. The van der Waals surface area contributed by atoms with Crippen LogP contribution in [0.3, 0.4) is 0 Å². The smallest absolute Gasteiger partial charge is 0.339 e. The molecule has 0 spiro atoms. The van der Waals surface area contributed by atoms with Gasteiger partial charge in [0.2, 0.25) is 0 Å². The second kappa shape index (κ2) is 16.1. The molecule has 1 aliphatic heterocycles. The molecule has 1 aromatic rings. The number of carboxylic acids is 2. The number of rotatable bonds is 12. The number of hydrogen-bond donors (Lipinski definition) is 5. The number of aliphatic hydroxyl groups excluding tert-OH is 1. The van der Waals surface area contributed by atoms with E-state index in [2.05, 4.69) is 0 Å². The predicted octanol–water partition coefficient (Wildman–Crippen LogP) is -0.910. The highest BCUT2D eigenvalue weighted by Crippen LogP contribution is 2.34. The fourth-order valence-electron chi connectivity index (χ4n) is 4.10. The molecule has 1 atom stereocenters. The molecule has 0 aliphatic carbocycles. The van der Waals surface area contributed by atoms with Crippen molar-refractivity contribution in [3.63, 3.8) is 0 Å². The van der Waals surface area contributed by atoms with Crippen LogP contribution in [0.4, 0.5) is 0 Å². The highest BCUT2D eigenvalue weighted by Gasteiger charge is 2.24. The third kappa shape index (κ3) is 14.6. The Bertz CT molecular complexity index is 873. The summed E-state index contributed by atoms with van der Waals surface area (Å²) in [5.74, 6) is -2.03. The number of aliphatic hydroxyl groups is 1. The van der Waals surface area contributed by atoms with Gasteiger partial charge in [-0.05, 0) is 5.56 Å². The number of β-amino-alcohol motifs (C(OH)–C–C–N with tert-alkyl or cyclic N) is 1. The molecular formula is C23H39N4O9P.